The molecule has 1 aromatic rings. The first kappa shape index (κ1) is 10.6. The van der Waals surface area contributed by atoms with Gasteiger partial charge in [-0.1, -0.05) is 15.9 Å². The number of halogens is 4. The second-order valence-electron chi connectivity index (χ2n) is 2.29. The molecule has 0 saturated carbocycles. The molecule has 5 heteroatoms. The number of benzene rings is 1. The highest BCUT2D eigenvalue weighted by Crippen LogP contribution is 2.16. The van der Waals surface area contributed by atoms with E-state index in [0.717, 1.165) is 12.1 Å². The first-order valence-corrected chi connectivity index (χ1v) is 4.65. The number of carbonyl (C=O) groups is 1. The molecule has 0 heterocycles. The standard InChI is InChI=1S/C8H4BrClF2O/c9-8(10)7(13)4-1-2-5(11)6(12)3-4/h1-3,8H. The minimum atomic E-state index is -1.06. The van der Waals surface area contributed by atoms with Crippen LogP contribution in [-0.2, 0) is 0 Å². The molecule has 0 aliphatic heterocycles. The molecule has 0 bridgehead atoms. The lowest BCUT2D eigenvalue weighted by molar-refractivity contribution is 0.101. The number of rotatable bonds is 2. The molecule has 13 heavy (non-hydrogen) atoms. The van der Waals surface area contributed by atoms with E-state index in [-0.39, 0.29) is 5.56 Å². The van der Waals surface area contributed by atoms with Crippen LogP contribution < -0.4 is 0 Å². The second-order valence-corrected chi connectivity index (χ2v) is 4.17. The Hall–Kier alpha value is -0.480. The van der Waals surface area contributed by atoms with E-state index in [1.165, 1.54) is 6.07 Å². The van der Waals surface area contributed by atoms with Crippen molar-refractivity contribution >= 4 is 33.3 Å². The summed E-state index contributed by atoms with van der Waals surface area (Å²) in [5.74, 6) is -2.55. The van der Waals surface area contributed by atoms with Crippen molar-refractivity contribution in [3.63, 3.8) is 0 Å². The first-order valence-electron chi connectivity index (χ1n) is 3.30. The number of alkyl halides is 2. The first-order chi connectivity index (χ1) is 6.02. The molecule has 1 rings (SSSR count). The van der Waals surface area contributed by atoms with Crippen LogP contribution >= 0.6 is 27.5 Å². The normalized spacial score (nSPS) is 12.6. The third-order valence-corrected chi connectivity index (χ3v) is 2.02. The van der Waals surface area contributed by atoms with Crippen molar-refractivity contribution in [1.82, 2.24) is 0 Å². The summed E-state index contributed by atoms with van der Waals surface area (Å²) < 4.78 is 24.1. The lowest BCUT2D eigenvalue weighted by Crippen LogP contribution is -2.08. The largest absolute Gasteiger partial charge is 0.292 e. The van der Waals surface area contributed by atoms with E-state index in [9.17, 15) is 13.6 Å². The van der Waals surface area contributed by atoms with Gasteiger partial charge in [0.25, 0.3) is 0 Å². The second kappa shape index (κ2) is 4.15. The van der Waals surface area contributed by atoms with Gasteiger partial charge in [-0.25, -0.2) is 8.78 Å². The Morgan fingerprint density at radius 1 is 1.38 bits per heavy atom. The van der Waals surface area contributed by atoms with E-state index in [0.29, 0.717) is 0 Å². The molecule has 0 N–H and O–H groups in total. The predicted molar refractivity (Wildman–Crippen MR) is 49.3 cm³/mol. The quantitative estimate of drug-likeness (QED) is 0.595. The topological polar surface area (TPSA) is 17.1 Å². The Labute approximate surface area is 86.8 Å². The number of carbonyl (C=O) groups excluding carboxylic acids is 1. The summed E-state index contributed by atoms with van der Waals surface area (Å²) in [4.78, 5) is 11.1. The molecule has 0 saturated heterocycles. The summed E-state index contributed by atoms with van der Waals surface area (Å²) >= 11 is 8.23. The lowest BCUT2D eigenvalue weighted by Gasteiger charge is -2.01. The fourth-order valence-electron chi connectivity index (χ4n) is 0.775. The van der Waals surface area contributed by atoms with Crippen molar-refractivity contribution in [2.45, 2.75) is 4.29 Å². The van der Waals surface area contributed by atoms with Gasteiger partial charge in [-0.3, -0.25) is 4.79 Å². The van der Waals surface area contributed by atoms with E-state index in [1.807, 2.05) is 0 Å². The maximum absolute atomic E-state index is 12.6. The zero-order valence-electron chi connectivity index (χ0n) is 6.23. The van der Waals surface area contributed by atoms with Crippen LogP contribution in [-0.4, -0.2) is 10.1 Å². The van der Waals surface area contributed by atoms with Crippen LogP contribution in [0.1, 0.15) is 10.4 Å². The molecule has 1 nitrogen and oxygen atoms in total. The number of hydrogen-bond acceptors (Lipinski definition) is 1. The fourth-order valence-corrected chi connectivity index (χ4v) is 1.17. The van der Waals surface area contributed by atoms with E-state index < -0.39 is 21.7 Å². The van der Waals surface area contributed by atoms with Crippen LogP contribution in [0.5, 0.6) is 0 Å². The molecule has 0 aliphatic rings. The van der Waals surface area contributed by atoms with Crippen LogP contribution in [0.2, 0.25) is 0 Å². The van der Waals surface area contributed by atoms with Crippen LogP contribution in [0.3, 0.4) is 0 Å². The SMILES string of the molecule is O=C(c1ccc(F)c(F)c1)C(Cl)Br. The lowest BCUT2D eigenvalue weighted by atomic mass is 10.1. The summed E-state index contributed by atoms with van der Waals surface area (Å²) in [6, 6.07) is 2.88. The Bertz CT molecular complexity index is 341. The molecule has 0 aliphatic carbocycles. The fraction of sp³-hybridized carbons (Fsp3) is 0.125. The molecule has 0 fully saturated rings. The molecule has 0 amide bonds. The van der Waals surface area contributed by atoms with Crippen molar-refractivity contribution in [3.8, 4) is 0 Å². The maximum Gasteiger partial charge on any atom is 0.191 e. The van der Waals surface area contributed by atoms with Crippen LogP contribution in [0.15, 0.2) is 18.2 Å². The average molecular weight is 269 g/mol. The van der Waals surface area contributed by atoms with Gasteiger partial charge in [0.05, 0.1) is 0 Å². The van der Waals surface area contributed by atoms with E-state index in [1.54, 1.807) is 0 Å². The third-order valence-electron chi connectivity index (χ3n) is 1.40. The van der Waals surface area contributed by atoms with Crippen molar-refractivity contribution in [3.05, 3.63) is 35.4 Å². The Morgan fingerprint density at radius 2 is 2.00 bits per heavy atom. The van der Waals surface area contributed by atoms with Crippen molar-refractivity contribution < 1.29 is 13.6 Å². The molecular weight excluding hydrogens is 265 g/mol. The number of hydrogen-bond donors (Lipinski definition) is 0. The molecular formula is C8H4BrClF2O. The Morgan fingerprint density at radius 3 is 2.46 bits per heavy atom. The summed E-state index contributed by atoms with van der Waals surface area (Å²) in [5, 5.41) is 0. The van der Waals surface area contributed by atoms with Crippen molar-refractivity contribution in [2.24, 2.45) is 0 Å². The van der Waals surface area contributed by atoms with E-state index in [4.69, 9.17) is 11.6 Å². The van der Waals surface area contributed by atoms with Crippen LogP contribution in [0.25, 0.3) is 0 Å². The molecule has 0 radical (unpaired) electrons. The summed E-state index contributed by atoms with van der Waals surface area (Å²) in [5.41, 5.74) is 0.0378. The summed E-state index contributed by atoms with van der Waals surface area (Å²) in [6.45, 7) is 0. The molecule has 1 aromatic carbocycles. The predicted octanol–water partition coefficient (Wildman–Crippen LogP) is 3.11. The van der Waals surface area contributed by atoms with Gasteiger partial charge in [-0.15, -0.1) is 11.6 Å². The molecule has 70 valence electrons. The van der Waals surface area contributed by atoms with Crippen molar-refractivity contribution in [2.75, 3.05) is 0 Å². The van der Waals surface area contributed by atoms with Gasteiger partial charge in [0.15, 0.2) is 21.7 Å². The Balaban J connectivity index is 3.04. The smallest absolute Gasteiger partial charge is 0.191 e. The Kier molecular flexibility index (Phi) is 3.39. The monoisotopic (exact) mass is 268 g/mol. The van der Waals surface area contributed by atoms with Crippen molar-refractivity contribution in [1.29, 1.82) is 0 Å². The highest BCUT2D eigenvalue weighted by Gasteiger charge is 2.15. The van der Waals surface area contributed by atoms with E-state index >= 15 is 0 Å². The van der Waals surface area contributed by atoms with Gasteiger partial charge in [0.1, 0.15) is 0 Å². The zero-order chi connectivity index (χ0) is 10.0. The van der Waals surface area contributed by atoms with Crippen LogP contribution in [0, 0.1) is 11.6 Å². The van der Waals surface area contributed by atoms with Gasteiger partial charge in [0.2, 0.25) is 0 Å². The van der Waals surface area contributed by atoms with Gasteiger partial charge in [-0.05, 0) is 18.2 Å². The highest BCUT2D eigenvalue weighted by molar-refractivity contribution is 9.10. The van der Waals surface area contributed by atoms with Crippen LogP contribution in [0.4, 0.5) is 8.78 Å². The number of ketones is 1. The highest BCUT2D eigenvalue weighted by atomic mass is 79.9. The third kappa shape index (κ3) is 2.48. The minimum absolute atomic E-state index is 0.0378. The number of Topliss-reactive ketones (excluding diaryl/α,β-unsaturated/α-hetero) is 1. The summed E-state index contributed by atoms with van der Waals surface area (Å²) in [6.07, 6.45) is 0. The molecule has 0 aromatic heterocycles. The van der Waals surface area contributed by atoms with Gasteiger partial charge < -0.3 is 0 Å². The molecule has 1 atom stereocenters. The van der Waals surface area contributed by atoms with Gasteiger partial charge >= 0.3 is 0 Å². The van der Waals surface area contributed by atoms with E-state index in [2.05, 4.69) is 15.9 Å². The minimum Gasteiger partial charge on any atom is -0.292 e. The average Bonchev–Trinajstić information content (AvgIpc) is 2.08. The maximum atomic E-state index is 12.6. The summed E-state index contributed by atoms with van der Waals surface area (Å²) in [7, 11) is 0. The molecule has 0 spiro atoms. The zero-order valence-corrected chi connectivity index (χ0v) is 8.57. The van der Waals surface area contributed by atoms with Gasteiger partial charge in [0, 0.05) is 5.56 Å². The van der Waals surface area contributed by atoms with Gasteiger partial charge in [-0.2, -0.15) is 0 Å². The molecule has 1 unspecified atom stereocenters.